The zero-order chi connectivity index (χ0) is 75.2. The Morgan fingerprint density at radius 1 is 0.406 bits per heavy atom. The molecule has 0 fully saturated rings. The molecule has 0 aliphatic rings. The van der Waals surface area contributed by atoms with Gasteiger partial charge in [-0.2, -0.15) is 0 Å². The van der Waals surface area contributed by atoms with Gasteiger partial charge in [-0.15, -0.1) is 11.3 Å². The molecular formula is C60H38N2OS. The third-order valence-corrected chi connectivity index (χ3v) is 11.2. The molecule has 4 heteroatoms. The Balaban J connectivity index is 1.21. The van der Waals surface area contributed by atoms with E-state index in [0.717, 1.165) is 0 Å². The highest BCUT2D eigenvalue weighted by molar-refractivity contribution is 7.26. The lowest BCUT2D eigenvalue weighted by Gasteiger charge is -2.27. The maximum Gasteiger partial charge on any atom is 0.136 e. The number of furan rings is 1. The molecule has 300 valence electrons. The number of anilines is 3. The fourth-order valence-corrected chi connectivity index (χ4v) is 8.61. The van der Waals surface area contributed by atoms with Crippen LogP contribution in [0.15, 0.2) is 234 Å². The highest BCUT2D eigenvalue weighted by Gasteiger charge is 2.23. The van der Waals surface area contributed by atoms with Gasteiger partial charge >= 0.3 is 0 Å². The third kappa shape index (κ3) is 5.73. The van der Waals surface area contributed by atoms with Gasteiger partial charge in [-0.1, -0.05) is 157 Å². The van der Waals surface area contributed by atoms with Crippen LogP contribution < -0.4 is 4.90 Å². The summed E-state index contributed by atoms with van der Waals surface area (Å²) in [6.07, 6.45) is 0. The highest BCUT2D eigenvalue weighted by Crippen LogP contribution is 2.50. The van der Waals surface area contributed by atoms with Crippen LogP contribution in [0.25, 0.3) is 103 Å². The van der Waals surface area contributed by atoms with Crippen molar-refractivity contribution < 1.29 is 56.5 Å². The Kier molecular flexibility index (Phi) is 3.45. The summed E-state index contributed by atoms with van der Waals surface area (Å²) in [4.78, 5) is 0.373. The molecule has 10 aromatic carbocycles. The van der Waals surface area contributed by atoms with Gasteiger partial charge in [0.1, 0.15) is 11.2 Å². The minimum atomic E-state index is -1.40. The number of hydrogen-bond acceptors (Lipinski definition) is 3. The molecule has 0 bridgehead atoms. The van der Waals surface area contributed by atoms with Gasteiger partial charge in [-0.3, -0.25) is 0 Å². The second-order valence-corrected chi connectivity index (χ2v) is 14.6. The maximum absolute atomic E-state index is 10.3. The van der Waals surface area contributed by atoms with E-state index in [9.17, 15) is 23.3 Å². The summed E-state index contributed by atoms with van der Waals surface area (Å²) in [5, 5.41) is -3.71. The van der Waals surface area contributed by atoms with Crippen LogP contribution in [0.2, 0.25) is 0 Å². The van der Waals surface area contributed by atoms with Gasteiger partial charge < -0.3 is 13.9 Å². The maximum atomic E-state index is 10.3. The molecule has 13 rings (SSSR count). The van der Waals surface area contributed by atoms with Gasteiger partial charge in [0.25, 0.3) is 0 Å². The van der Waals surface area contributed by atoms with Crippen molar-refractivity contribution >= 4 is 92.3 Å². The average Bonchev–Trinajstić information content (AvgIpc) is 1.47. The van der Waals surface area contributed by atoms with Crippen molar-refractivity contribution in [2.45, 2.75) is 0 Å². The summed E-state index contributed by atoms with van der Waals surface area (Å²) in [5.74, 6) is 0. The number of rotatable bonds is 7. The summed E-state index contributed by atoms with van der Waals surface area (Å²) in [6.45, 7) is 0. The molecule has 64 heavy (non-hydrogen) atoms. The van der Waals surface area contributed by atoms with Crippen LogP contribution in [0.1, 0.15) is 52.1 Å². The predicted octanol–water partition coefficient (Wildman–Crippen LogP) is 17.5. The van der Waals surface area contributed by atoms with Crippen LogP contribution in [0.3, 0.4) is 0 Å². The van der Waals surface area contributed by atoms with Crippen LogP contribution >= 0.6 is 11.3 Å². The van der Waals surface area contributed by atoms with Crippen molar-refractivity contribution in [3.05, 3.63) is 230 Å². The van der Waals surface area contributed by atoms with E-state index in [1.165, 1.54) is 0 Å². The zero-order valence-electron chi connectivity index (χ0n) is 69.7. The van der Waals surface area contributed by atoms with Crippen molar-refractivity contribution in [3.63, 3.8) is 0 Å². The topological polar surface area (TPSA) is 21.3 Å². The summed E-state index contributed by atoms with van der Waals surface area (Å²) >= 11 is 0.338. The Hall–Kier alpha value is -8.18. The largest absolute Gasteiger partial charge is 0.456 e. The molecule has 0 amide bonds. The molecule has 0 unspecified atom stereocenters. The highest BCUT2D eigenvalue weighted by atomic mass is 32.1. The summed E-state index contributed by atoms with van der Waals surface area (Å²) in [6, 6.07) is -40.5. The van der Waals surface area contributed by atoms with Crippen LogP contribution in [-0.2, 0) is 0 Å². The van der Waals surface area contributed by atoms with Gasteiger partial charge in [0.2, 0.25) is 0 Å². The molecule has 13 aromatic rings. The zero-order valence-corrected chi connectivity index (χ0v) is 32.5. The minimum absolute atomic E-state index is 0.338. The number of thiophene rings is 1. The Morgan fingerprint density at radius 2 is 1.00 bits per heavy atom. The van der Waals surface area contributed by atoms with E-state index >= 15 is 0 Å². The average molecular weight is 873 g/mol. The smallest absolute Gasteiger partial charge is 0.136 e. The molecule has 0 saturated carbocycles. The van der Waals surface area contributed by atoms with E-state index in [4.69, 9.17) is 33.2 Å². The lowest BCUT2D eigenvalue weighted by molar-refractivity contribution is 0.669. The molecule has 3 heterocycles. The first-order chi connectivity index (χ1) is 47.6. The van der Waals surface area contributed by atoms with E-state index in [2.05, 4.69) is 0 Å². The molecule has 0 saturated heterocycles. The van der Waals surface area contributed by atoms with E-state index in [0.29, 0.717) is 20.8 Å². The lowest BCUT2D eigenvalue weighted by atomic mass is 9.91. The van der Waals surface area contributed by atoms with Gasteiger partial charge in [-0.05, 0) is 100 Å². The first-order valence-electron chi connectivity index (χ1n) is 37.7. The molecule has 0 radical (unpaired) electrons. The number of para-hydroxylation sites is 4. The van der Waals surface area contributed by atoms with Crippen molar-refractivity contribution in [1.29, 1.82) is 0 Å². The van der Waals surface area contributed by atoms with E-state index in [-0.39, 0.29) is 0 Å². The lowest BCUT2D eigenvalue weighted by Crippen LogP contribution is -2.10. The first-order valence-corrected chi connectivity index (χ1v) is 19.5. The van der Waals surface area contributed by atoms with Crippen LogP contribution in [0.5, 0.6) is 0 Å². The van der Waals surface area contributed by atoms with Crippen LogP contribution in [-0.4, -0.2) is 4.57 Å². The fraction of sp³-hybridized carbons (Fsp3) is 0. The second-order valence-electron chi connectivity index (χ2n) is 13.5. The van der Waals surface area contributed by atoms with E-state index in [1.807, 2.05) is 0 Å². The summed E-state index contributed by atoms with van der Waals surface area (Å²) < 4.78 is 356. The molecule has 3 aromatic heterocycles. The predicted molar refractivity (Wildman–Crippen MR) is 272 cm³/mol. The normalized spacial score (nSPS) is 20.1. The third-order valence-electron chi connectivity index (χ3n) is 10.1. The van der Waals surface area contributed by atoms with Crippen molar-refractivity contribution in [2.24, 2.45) is 0 Å². The molecule has 0 N–H and O–H groups in total. The fourth-order valence-electron chi connectivity index (χ4n) is 7.49. The molecular weight excluding hydrogens is 797 g/mol. The second kappa shape index (κ2) is 14.7. The van der Waals surface area contributed by atoms with E-state index < -0.39 is 350 Å². The number of benzene rings is 10. The number of aromatic nitrogens is 1. The molecule has 0 atom stereocenters. The Morgan fingerprint density at radius 3 is 1.78 bits per heavy atom. The molecule has 0 spiro atoms. The Labute approximate surface area is 427 Å². The van der Waals surface area contributed by atoms with Crippen molar-refractivity contribution in [3.8, 4) is 39.1 Å². The minimum Gasteiger partial charge on any atom is -0.456 e. The molecule has 0 aliphatic heterocycles. The summed E-state index contributed by atoms with van der Waals surface area (Å²) in [5.41, 5.74) is -12.7. The van der Waals surface area contributed by atoms with Crippen LogP contribution in [0.4, 0.5) is 17.1 Å². The monoisotopic (exact) mass is 873 g/mol. The first kappa shape index (κ1) is 15.0. The number of fused-ring (bicyclic) bond motifs is 9. The van der Waals surface area contributed by atoms with Crippen molar-refractivity contribution in [2.75, 3.05) is 4.90 Å². The molecule has 0 aliphatic carbocycles. The molecule has 3 nitrogen and oxygen atoms in total. The number of hydrogen-bond donors (Lipinski definition) is 0. The summed E-state index contributed by atoms with van der Waals surface area (Å²) in [7, 11) is 0. The van der Waals surface area contributed by atoms with Gasteiger partial charge in [-0.25, -0.2) is 0 Å². The van der Waals surface area contributed by atoms with E-state index in [1.54, 1.807) is 0 Å². The van der Waals surface area contributed by atoms with Crippen molar-refractivity contribution in [1.82, 2.24) is 4.57 Å². The SMILES string of the molecule is [2H]c1c([2H])c([2H])c(N(c2c([2H])c([2H])c(-c3c([2H])c([2H])c([2H])c(-n4c5c([2H])c([2H])c([2H])c([2H])c5c5c([2H])c([2H])c([2H])c([2H])c54)c3[2H])c([2H])c2[2H])c2c([2H])c([2H])c(-c3c([2H])c([2H])c([2H])c([2H])c3-c3c([2H])c([2H])c([2H])c4oc5c([2H])c([2H])c([2H])c([2H])c5c34)c3sc4c([2H])c([2H])c([2H])c([2H])c4c23)c([2H])c1[2H]. The van der Waals surface area contributed by atoms with Gasteiger partial charge in [0.05, 0.1) is 68.8 Å². The van der Waals surface area contributed by atoms with Crippen LogP contribution in [0, 0.1) is 0 Å². The number of nitrogens with zero attached hydrogens (tertiary/aromatic N) is 2. The van der Waals surface area contributed by atoms with Gasteiger partial charge in [0.15, 0.2) is 0 Å². The quantitative estimate of drug-likeness (QED) is 0.159. The standard InChI is InChI=1S/C60H38N2OS/c1-2-17-41(18-3-1)61(42-34-32-39(33-35-42)40-16-14-19-43(38-40)62-52-27-10-6-22-46(52)47-23-7-11-28-53(47)62)54-37-36-49(60-59(54)51-25-9-13-31-57(51)64-60)45-21-5-4-20-44(45)48-26-15-30-56-58(48)50-24-8-12-29-55(50)63-56/h1-38H/i1D,2D,3D,4D,5D,6D,7D,8D,9D,10D,11D,12D,13D,14D,15D,16D,17D,18D,19D,20D,21D,22D,23D,24D,25D,26D,27D,28D,29D,30D,31D,32D,33D,34D,35D,36D,37D,38D. The van der Waals surface area contributed by atoms with Gasteiger partial charge in [0, 0.05) is 64.3 Å². The Bertz CT molecular complexity index is 6060.